The van der Waals surface area contributed by atoms with Crippen molar-refractivity contribution in [2.24, 2.45) is 0 Å². The summed E-state index contributed by atoms with van der Waals surface area (Å²) < 4.78 is 1.76. The first kappa shape index (κ1) is 15.0. The van der Waals surface area contributed by atoms with Crippen molar-refractivity contribution in [3.05, 3.63) is 58.9 Å². The van der Waals surface area contributed by atoms with E-state index in [1.807, 2.05) is 19.2 Å². The van der Waals surface area contributed by atoms with Crippen LogP contribution in [0.5, 0.6) is 0 Å². The highest BCUT2D eigenvalue weighted by molar-refractivity contribution is 5.92. The van der Waals surface area contributed by atoms with Gasteiger partial charge in [0.25, 0.3) is 11.5 Å². The third-order valence-corrected chi connectivity index (χ3v) is 3.64. The summed E-state index contributed by atoms with van der Waals surface area (Å²) in [6.07, 6.45) is 3.54. The molecule has 118 valence electrons. The zero-order chi connectivity index (χ0) is 16.2. The lowest BCUT2D eigenvalue weighted by Crippen LogP contribution is -2.36. The van der Waals surface area contributed by atoms with Crippen molar-refractivity contribution in [1.82, 2.24) is 24.6 Å². The summed E-state index contributed by atoms with van der Waals surface area (Å²) in [5, 5.41) is 4.59. The van der Waals surface area contributed by atoms with E-state index in [4.69, 9.17) is 0 Å². The predicted molar refractivity (Wildman–Crippen MR) is 86.2 cm³/mol. The summed E-state index contributed by atoms with van der Waals surface area (Å²) >= 11 is 0. The Labute approximate surface area is 132 Å². The molecule has 0 atom stereocenters. The molecule has 0 aliphatic rings. The molecule has 0 fully saturated rings. The highest BCUT2D eigenvalue weighted by Gasteiger charge is 2.17. The normalized spacial score (nSPS) is 10.8. The van der Waals surface area contributed by atoms with Gasteiger partial charge < -0.3 is 9.88 Å². The maximum atomic E-state index is 12.6. The number of benzene rings is 1. The second kappa shape index (κ2) is 6.43. The van der Waals surface area contributed by atoms with Crippen molar-refractivity contribution in [3.8, 4) is 0 Å². The van der Waals surface area contributed by atoms with E-state index in [2.05, 4.69) is 15.1 Å². The van der Waals surface area contributed by atoms with Gasteiger partial charge in [-0.1, -0.05) is 12.1 Å². The first-order valence-corrected chi connectivity index (χ1v) is 7.45. The number of hydrogen-bond acceptors (Lipinski definition) is 4. The van der Waals surface area contributed by atoms with Gasteiger partial charge in [-0.05, 0) is 25.1 Å². The van der Waals surface area contributed by atoms with E-state index in [0.717, 1.165) is 0 Å². The molecule has 1 N–H and O–H groups in total. The van der Waals surface area contributed by atoms with Gasteiger partial charge in [0, 0.05) is 25.5 Å². The summed E-state index contributed by atoms with van der Waals surface area (Å²) in [6, 6.07) is 8.80. The Balaban J connectivity index is 1.84. The van der Waals surface area contributed by atoms with E-state index in [-0.39, 0.29) is 17.3 Å². The number of H-pyrrole nitrogens is 1. The molecule has 0 unspecified atom stereocenters. The molecule has 2 aromatic heterocycles. The van der Waals surface area contributed by atoms with Crippen molar-refractivity contribution in [1.29, 1.82) is 0 Å². The fourth-order valence-electron chi connectivity index (χ4n) is 2.40. The average molecular weight is 311 g/mol. The number of para-hydroxylation sites is 1. The predicted octanol–water partition coefficient (Wildman–Crippen LogP) is 1.28. The van der Waals surface area contributed by atoms with Gasteiger partial charge in [0.2, 0.25) is 0 Å². The van der Waals surface area contributed by atoms with Crippen LogP contribution in [-0.2, 0) is 6.54 Å². The topological polar surface area (TPSA) is 83.9 Å². The summed E-state index contributed by atoms with van der Waals surface area (Å²) in [5.74, 6) is -0.224. The van der Waals surface area contributed by atoms with Crippen LogP contribution in [0.25, 0.3) is 10.9 Å². The molecule has 3 rings (SSSR count). The molecule has 1 aromatic carbocycles. The van der Waals surface area contributed by atoms with Gasteiger partial charge in [-0.25, -0.2) is 4.98 Å². The molecule has 0 spiro atoms. The van der Waals surface area contributed by atoms with Gasteiger partial charge in [-0.2, -0.15) is 5.10 Å². The largest absolute Gasteiger partial charge is 0.334 e. The van der Waals surface area contributed by atoms with Gasteiger partial charge >= 0.3 is 0 Å². The van der Waals surface area contributed by atoms with Crippen LogP contribution in [0.1, 0.15) is 17.5 Å². The third kappa shape index (κ3) is 3.13. The van der Waals surface area contributed by atoms with E-state index >= 15 is 0 Å². The van der Waals surface area contributed by atoms with Crippen LogP contribution >= 0.6 is 0 Å². The van der Waals surface area contributed by atoms with E-state index < -0.39 is 0 Å². The number of amides is 1. The minimum Gasteiger partial charge on any atom is -0.334 e. The zero-order valence-electron chi connectivity index (χ0n) is 12.8. The number of aromatic nitrogens is 4. The number of nitrogens with one attached hydrogen (secondary N) is 1. The number of hydrogen-bond donors (Lipinski definition) is 1. The third-order valence-electron chi connectivity index (χ3n) is 3.64. The zero-order valence-corrected chi connectivity index (χ0v) is 12.8. The minimum atomic E-state index is -0.304. The van der Waals surface area contributed by atoms with Gasteiger partial charge in [-0.15, -0.1) is 0 Å². The van der Waals surface area contributed by atoms with Crippen LogP contribution in [0.15, 0.2) is 47.5 Å². The molecule has 7 nitrogen and oxygen atoms in total. The summed E-state index contributed by atoms with van der Waals surface area (Å²) in [6.45, 7) is 3.49. The molecular formula is C16H17N5O2. The molecule has 0 bridgehead atoms. The van der Waals surface area contributed by atoms with Gasteiger partial charge in [0.15, 0.2) is 5.82 Å². The Hall–Kier alpha value is -2.96. The average Bonchev–Trinajstić information content (AvgIpc) is 3.08. The Kier molecular flexibility index (Phi) is 4.18. The van der Waals surface area contributed by atoms with Crippen molar-refractivity contribution >= 4 is 16.8 Å². The molecule has 23 heavy (non-hydrogen) atoms. The molecule has 0 saturated carbocycles. The molecule has 0 aliphatic heterocycles. The van der Waals surface area contributed by atoms with Crippen molar-refractivity contribution < 1.29 is 4.79 Å². The molecule has 0 aliphatic carbocycles. The molecular weight excluding hydrogens is 294 g/mol. The molecule has 3 aromatic rings. The van der Waals surface area contributed by atoms with Crippen molar-refractivity contribution in [2.75, 3.05) is 13.1 Å². The first-order valence-electron chi connectivity index (χ1n) is 7.45. The lowest BCUT2D eigenvalue weighted by atomic mass is 10.2. The van der Waals surface area contributed by atoms with E-state index in [0.29, 0.717) is 30.5 Å². The molecule has 0 saturated heterocycles. The van der Waals surface area contributed by atoms with Crippen LogP contribution in [0.2, 0.25) is 0 Å². The Bertz CT molecular complexity index is 870. The summed E-state index contributed by atoms with van der Waals surface area (Å²) in [7, 11) is 0. The van der Waals surface area contributed by atoms with Crippen molar-refractivity contribution in [3.63, 3.8) is 0 Å². The van der Waals surface area contributed by atoms with Gasteiger partial charge in [-0.3, -0.25) is 14.3 Å². The van der Waals surface area contributed by atoms with Crippen LogP contribution < -0.4 is 5.56 Å². The maximum absolute atomic E-state index is 12.6. The smallest absolute Gasteiger partial charge is 0.289 e. The number of aromatic amines is 1. The quantitative estimate of drug-likeness (QED) is 0.769. The maximum Gasteiger partial charge on any atom is 0.289 e. The van der Waals surface area contributed by atoms with Crippen LogP contribution in [-0.4, -0.2) is 43.6 Å². The highest BCUT2D eigenvalue weighted by Crippen LogP contribution is 2.07. The standard InChI is InChI=1S/C16H17N5O2/c1-2-20(10-11-21-9-5-8-17-21)16(23)14-18-13-7-4-3-6-12(13)15(22)19-14/h3-9H,2,10-11H2,1H3,(H,18,19,22). The monoisotopic (exact) mass is 311 g/mol. The van der Waals surface area contributed by atoms with E-state index in [1.54, 1.807) is 40.0 Å². The summed E-state index contributed by atoms with van der Waals surface area (Å²) in [4.78, 5) is 33.2. The Morgan fingerprint density at radius 3 is 2.87 bits per heavy atom. The number of nitrogens with zero attached hydrogens (tertiary/aromatic N) is 4. The second-order valence-corrected chi connectivity index (χ2v) is 5.09. The highest BCUT2D eigenvalue weighted by atomic mass is 16.2. The lowest BCUT2D eigenvalue weighted by molar-refractivity contribution is 0.0745. The van der Waals surface area contributed by atoms with Crippen LogP contribution in [0.4, 0.5) is 0 Å². The van der Waals surface area contributed by atoms with E-state index in [9.17, 15) is 9.59 Å². The van der Waals surface area contributed by atoms with Gasteiger partial charge in [0.05, 0.1) is 17.4 Å². The summed E-state index contributed by atoms with van der Waals surface area (Å²) in [5.41, 5.74) is 0.213. The number of fused-ring (bicyclic) bond motifs is 1. The molecule has 1 amide bonds. The lowest BCUT2D eigenvalue weighted by Gasteiger charge is -2.20. The van der Waals surface area contributed by atoms with Crippen LogP contribution in [0.3, 0.4) is 0 Å². The number of rotatable bonds is 5. The number of likely N-dealkylation sites (N-methyl/N-ethyl adjacent to an activating group) is 1. The first-order chi connectivity index (χ1) is 11.2. The minimum absolute atomic E-state index is 0.0658. The molecule has 0 radical (unpaired) electrons. The fourth-order valence-corrected chi connectivity index (χ4v) is 2.40. The van der Waals surface area contributed by atoms with Gasteiger partial charge in [0.1, 0.15) is 0 Å². The second-order valence-electron chi connectivity index (χ2n) is 5.09. The fraction of sp³-hybridized carbons (Fsp3) is 0.250. The van der Waals surface area contributed by atoms with Crippen LogP contribution in [0, 0.1) is 0 Å². The van der Waals surface area contributed by atoms with E-state index in [1.165, 1.54) is 0 Å². The Morgan fingerprint density at radius 2 is 2.13 bits per heavy atom. The molecule has 7 heteroatoms. The SMILES string of the molecule is CCN(CCn1cccn1)C(=O)c1nc2ccccc2c(=O)[nH]1. The number of carbonyl (C=O) groups is 1. The van der Waals surface area contributed by atoms with Crippen molar-refractivity contribution in [2.45, 2.75) is 13.5 Å². The Morgan fingerprint density at radius 1 is 1.30 bits per heavy atom. The number of carbonyl (C=O) groups excluding carboxylic acids is 1. The molecule has 2 heterocycles.